The molecule has 0 radical (unpaired) electrons. The van der Waals surface area contributed by atoms with Crippen LogP contribution < -0.4 is 21.3 Å². The summed E-state index contributed by atoms with van der Waals surface area (Å²) in [4.78, 5) is 0. The largest absolute Gasteiger partial charge is 0.315 e. The van der Waals surface area contributed by atoms with Crippen molar-refractivity contribution in [2.75, 3.05) is 50.0 Å². The van der Waals surface area contributed by atoms with Crippen LogP contribution in [0.25, 0.3) is 0 Å². The Bertz CT molecular complexity index is 222. The van der Waals surface area contributed by atoms with E-state index in [0.717, 1.165) is 56.4 Å². The van der Waals surface area contributed by atoms with Gasteiger partial charge in [-0.2, -0.15) is 37.9 Å². The lowest BCUT2D eigenvalue weighted by Crippen LogP contribution is -2.50. The molecular formula is C14H34N4S3. The van der Waals surface area contributed by atoms with Gasteiger partial charge in [-0.25, -0.2) is 0 Å². The first-order valence-electron chi connectivity index (χ1n) is 7.95. The Morgan fingerprint density at radius 3 is 1.76 bits per heavy atom. The monoisotopic (exact) mass is 354 g/mol. The number of hydrogen-bond acceptors (Lipinski definition) is 7. The zero-order chi connectivity index (χ0) is 15.9. The number of nitrogens with one attached hydrogen (secondary N) is 4. The van der Waals surface area contributed by atoms with Crippen molar-refractivity contribution in [3.05, 3.63) is 0 Å². The number of rotatable bonds is 15. The summed E-state index contributed by atoms with van der Waals surface area (Å²) in [5.41, 5.74) is 0. The van der Waals surface area contributed by atoms with E-state index in [2.05, 4.69) is 73.0 Å². The molecule has 0 aliphatic rings. The Kier molecular flexibility index (Phi) is 16.4. The van der Waals surface area contributed by atoms with Crippen LogP contribution in [0.3, 0.4) is 0 Å². The van der Waals surface area contributed by atoms with Crippen LogP contribution in [0.5, 0.6) is 0 Å². The first-order chi connectivity index (χ1) is 10.2. The third-order valence-electron chi connectivity index (χ3n) is 3.36. The first-order valence-corrected chi connectivity index (χ1v) is 9.84. The molecule has 0 aromatic heterocycles. The second-order valence-electron chi connectivity index (χ2n) is 5.15. The standard InChI is InChI=1S/C14H34N4S3/c1-3-15-7-12(5-6-19)17-9-14(11-21)18-8-13(10-20)16-4-2/h12-21H,3-11H2,1-2H3/t12-,13+,14+/m0/s1. The molecule has 0 aromatic carbocycles. The summed E-state index contributed by atoms with van der Waals surface area (Å²) in [6.45, 7) is 9.08. The molecule has 0 aromatic rings. The predicted molar refractivity (Wildman–Crippen MR) is 106 cm³/mol. The fourth-order valence-corrected chi connectivity index (χ4v) is 2.89. The smallest absolute Gasteiger partial charge is 0.0281 e. The van der Waals surface area contributed by atoms with E-state index in [1.54, 1.807) is 0 Å². The van der Waals surface area contributed by atoms with E-state index >= 15 is 0 Å². The predicted octanol–water partition coefficient (Wildman–Crippen LogP) is 0.670. The molecule has 0 saturated carbocycles. The van der Waals surface area contributed by atoms with E-state index < -0.39 is 0 Å². The highest BCUT2D eigenvalue weighted by Gasteiger charge is 2.13. The molecule has 0 amide bonds. The number of hydrogen-bond donors (Lipinski definition) is 7. The maximum atomic E-state index is 4.45. The second-order valence-corrected chi connectivity index (χ2v) is 6.33. The van der Waals surface area contributed by atoms with Gasteiger partial charge in [0, 0.05) is 49.3 Å². The van der Waals surface area contributed by atoms with E-state index in [1.807, 2.05) is 0 Å². The van der Waals surface area contributed by atoms with Crippen LogP contribution in [0, 0.1) is 0 Å². The van der Waals surface area contributed by atoms with Crippen molar-refractivity contribution in [3.63, 3.8) is 0 Å². The molecule has 0 rings (SSSR count). The van der Waals surface area contributed by atoms with Crippen molar-refractivity contribution in [3.8, 4) is 0 Å². The van der Waals surface area contributed by atoms with E-state index in [0.29, 0.717) is 18.1 Å². The molecule has 0 spiro atoms. The van der Waals surface area contributed by atoms with Crippen LogP contribution in [0.1, 0.15) is 20.3 Å². The van der Waals surface area contributed by atoms with Crippen molar-refractivity contribution in [1.82, 2.24) is 21.3 Å². The SMILES string of the molecule is CCNC[C@H](CCS)NC[C@H](CS)NC[C@H](CS)NCC. The molecule has 4 nitrogen and oxygen atoms in total. The minimum absolute atomic E-state index is 0.374. The minimum Gasteiger partial charge on any atom is -0.315 e. The van der Waals surface area contributed by atoms with Gasteiger partial charge in [-0.1, -0.05) is 13.8 Å². The van der Waals surface area contributed by atoms with Gasteiger partial charge in [0.05, 0.1) is 0 Å². The lowest BCUT2D eigenvalue weighted by Gasteiger charge is -2.25. The molecule has 0 fully saturated rings. The maximum Gasteiger partial charge on any atom is 0.0281 e. The summed E-state index contributed by atoms with van der Waals surface area (Å²) < 4.78 is 0. The summed E-state index contributed by atoms with van der Waals surface area (Å²) in [6.07, 6.45) is 1.08. The minimum atomic E-state index is 0.374. The quantitative estimate of drug-likeness (QED) is 0.221. The van der Waals surface area contributed by atoms with Gasteiger partial charge in [0.15, 0.2) is 0 Å². The van der Waals surface area contributed by atoms with Crippen LogP contribution in [-0.4, -0.2) is 68.1 Å². The Labute approximate surface area is 147 Å². The van der Waals surface area contributed by atoms with Gasteiger partial charge < -0.3 is 21.3 Å². The zero-order valence-electron chi connectivity index (χ0n) is 13.4. The van der Waals surface area contributed by atoms with Crippen LogP contribution in [0.15, 0.2) is 0 Å². The summed E-state index contributed by atoms with van der Waals surface area (Å²) in [5.74, 6) is 2.58. The van der Waals surface area contributed by atoms with Gasteiger partial charge in [-0.05, 0) is 25.3 Å². The average molecular weight is 355 g/mol. The number of thiol groups is 3. The highest BCUT2D eigenvalue weighted by molar-refractivity contribution is 7.80. The van der Waals surface area contributed by atoms with E-state index in [1.165, 1.54) is 0 Å². The molecule has 7 heteroatoms. The summed E-state index contributed by atoms with van der Waals surface area (Å²) in [6, 6.07) is 1.26. The Morgan fingerprint density at radius 2 is 1.29 bits per heavy atom. The van der Waals surface area contributed by atoms with Crippen LogP contribution in [-0.2, 0) is 0 Å². The van der Waals surface area contributed by atoms with Gasteiger partial charge in [0.1, 0.15) is 0 Å². The third-order valence-corrected chi connectivity index (χ3v) is 4.50. The van der Waals surface area contributed by atoms with Gasteiger partial charge in [0.2, 0.25) is 0 Å². The van der Waals surface area contributed by atoms with Crippen LogP contribution >= 0.6 is 37.9 Å². The topological polar surface area (TPSA) is 48.1 Å². The highest BCUT2D eigenvalue weighted by Crippen LogP contribution is 1.96. The molecule has 3 atom stereocenters. The molecule has 4 N–H and O–H groups in total. The molecule has 0 saturated heterocycles. The molecule has 0 heterocycles. The lowest BCUT2D eigenvalue weighted by molar-refractivity contribution is 0.413. The average Bonchev–Trinajstić information content (AvgIpc) is 2.51. The zero-order valence-corrected chi connectivity index (χ0v) is 16.1. The summed E-state index contributed by atoms with van der Waals surface area (Å²) in [5, 5.41) is 14.0. The van der Waals surface area contributed by atoms with Crippen LogP contribution in [0.2, 0.25) is 0 Å². The molecule has 0 bridgehead atoms. The molecule has 21 heavy (non-hydrogen) atoms. The summed E-state index contributed by atoms with van der Waals surface area (Å²) >= 11 is 13.2. The molecular weight excluding hydrogens is 320 g/mol. The fourth-order valence-electron chi connectivity index (χ4n) is 2.06. The van der Waals surface area contributed by atoms with Gasteiger partial charge >= 0.3 is 0 Å². The summed E-state index contributed by atoms with van der Waals surface area (Å²) in [7, 11) is 0. The molecule has 0 unspecified atom stereocenters. The Hall–Kier alpha value is 0.890. The Balaban J connectivity index is 4.03. The van der Waals surface area contributed by atoms with Crippen molar-refractivity contribution >= 4 is 37.9 Å². The highest BCUT2D eigenvalue weighted by atomic mass is 32.1. The van der Waals surface area contributed by atoms with Crippen molar-refractivity contribution in [2.45, 2.75) is 38.4 Å². The molecule has 128 valence electrons. The normalized spacial score (nSPS) is 15.9. The van der Waals surface area contributed by atoms with E-state index in [9.17, 15) is 0 Å². The number of likely N-dealkylation sites (N-methyl/N-ethyl adjacent to an activating group) is 2. The first kappa shape index (κ1) is 21.9. The third kappa shape index (κ3) is 12.0. The lowest BCUT2D eigenvalue weighted by atomic mass is 10.2. The molecule has 0 aliphatic heterocycles. The van der Waals surface area contributed by atoms with Crippen molar-refractivity contribution in [2.24, 2.45) is 0 Å². The van der Waals surface area contributed by atoms with Crippen LogP contribution in [0.4, 0.5) is 0 Å². The fraction of sp³-hybridized carbons (Fsp3) is 1.00. The van der Waals surface area contributed by atoms with Crippen molar-refractivity contribution < 1.29 is 0 Å². The Morgan fingerprint density at radius 1 is 0.714 bits per heavy atom. The van der Waals surface area contributed by atoms with E-state index in [4.69, 9.17) is 0 Å². The van der Waals surface area contributed by atoms with Gasteiger partial charge in [-0.3, -0.25) is 0 Å². The molecule has 0 aliphatic carbocycles. The second kappa shape index (κ2) is 15.8. The van der Waals surface area contributed by atoms with Crippen molar-refractivity contribution in [1.29, 1.82) is 0 Å². The van der Waals surface area contributed by atoms with Gasteiger partial charge in [0.25, 0.3) is 0 Å². The van der Waals surface area contributed by atoms with Gasteiger partial charge in [-0.15, -0.1) is 0 Å². The maximum absolute atomic E-state index is 4.45. The van der Waals surface area contributed by atoms with E-state index in [-0.39, 0.29) is 0 Å².